The molecule has 1 aromatic rings. The van der Waals surface area contributed by atoms with Crippen molar-refractivity contribution in [3.05, 3.63) is 40.3 Å². The molecular formula is C9H9F2N3O. The molecule has 4 nitrogen and oxygen atoms in total. The van der Waals surface area contributed by atoms with Crippen molar-refractivity contribution in [3.8, 4) is 5.75 Å². The maximum absolute atomic E-state index is 12.7. The summed E-state index contributed by atoms with van der Waals surface area (Å²) >= 11 is 0. The molecule has 0 fully saturated rings. The van der Waals surface area contributed by atoms with E-state index in [0.717, 1.165) is 18.2 Å². The molecule has 0 bridgehead atoms. The first kappa shape index (κ1) is 11.3. The number of benzene rings is 1. The molecule has 1 aromatic carbocycles. The lowest BCUT2D eigenvalue weighted by atomic mass is 10.3. The van der Waals surface area contributed by atoms with Crippen LogP contribution in [-0.2, 0) is 0 Å². The van der Waals surface area contributed by atoms with Crippen LogP contribution in [0, 0.1) is 11.6 Å². The largest absolute Gasteiger partial charge is 0.493 e. The molecule has 0 aliphatic carbocycles. The van der Waals surface area contributed by atoms with E-state index in [1.807, 2.05) is 0 Å². The summed E-state index contributed by atoms with van der Waals surface area (Å²) in [5.41, 5.74) is 7.97. The van der Waals surface area contributed by atoms with Crippen LogP contribution >= 0.6 is 0 Å². The number of rotatable bonds is 5. The molecule has 0 spiro atoms. The fourth-order valence-corrected chi connectivity index (χ4v) is 0.982. The monoisotopic (exact) mass is 213 g/mol. The maximum Gasteiger partial charge on any atom is 0.129 e. The summed E-state index contributed by atoms with van der Waals surface area (Å²) in [6, 6.07) is 2.96. The van der Waals surface area contributed by atoms with Crippen molar-refractivity contribution in [2.75, 3.05) is 13.2 Å². The molecule has 0 aromatic heterocycles. The molecule has 0 heterocycles. The zero-order valence-corrected chi connectivity index (χ0v) is 7.86. The topological polar surface area (TPSA) is 58.0 Å². The van der Waals surface area contributed by atoms with Crippen molar-refractivity contribution < 1.29 is 13.5 Å². The molecule has 0 unspecified atom stereocenters. The van der Waals surface area contributed by atoms with Crippen molar-refractivity contribution in [3.63, 3.8) is 0 Å². The summed E-state index contributed by atoms with van der Waals surface area (Å²) in [5, 5.41) is 3.29. The molecule has 0 aliphatic heterocycles. The van der Waals surface area contributed by atoms with Crippen LogP contribution < -0.4 is 4.74 Å². The van der Waals surface area contributed by atoms with Gasteiger partial charge in [-0.15, -0.1) is 0 Å². The van der Waals surface area contributed by atoms with Gasteiger partial charge in [-0.2, -0.15) is 0 Å². The van der Waals surface area contributed by atoms with Gasteiger partial charge in [0, 0.05) is 29.7 Å². The van der Waals surface area contributed by atoms with Crippen LogP contribution in [0.5, 0.6) is 5.75 Å². The molecule has 15 heavy (non-hydrogen) atoms. The number of hydrogen-bond donors (Lipinski definition) is 0. The number of azide groups is 1. The minimum Gasteiger partial charge on any atom is -0.493 e. The first-order valence-electron chi connectivity index (χ1n) is 4.32. The summed E-state index contributed by atoms with van der Waals surface area (Å²) in [6.07, 6.45) is 0.502. The predicted molar refractivity (Wildman–Crippen MR) is 50.5 cm³/mol. The second-order valence-corrected chi connectivity index (χ2v) is 2.76. The molecule has 80 valence electrons. The van der Waals surface area contributed by atoms with Crippen LogP contribution in [-0.4, -0.2) is 13.2 Å². The predicted octanol–water partition coefficient (Wildman–Crippen LogP) is 3.04. The Morgan fingerprint density at radius 1 is 1.27 bits per heavy atom. The van der Waals surface area contributed by atoms with Gasteiger partial charge >= 0.3 is 0 Å². The second kappa shape index (κ2) is 5.82. The summed E-state index contributed by atoms with van der Waals surface area (Å²) in [5.74, 6) is -1.23. The first-order valence-corrected chi connectivity index (χ1v) is 4.32. The Kier molecular flexibility index (Phi) is 4.37. The van der Waals surface area contributed by atoms with Gasteiger partial charge in [0.1, 0.15) is 17.4 Å². The fraction of sp³-hybridized carbons (Fsp3) is 0.333. The highest BCUT2D eigenvalue weighted by Crippen LogP contribution is 2.15. The Morgan fingerprint density at radius 2 is 1.93 bits per heavy atom. The molecule has 0 radical (unpaired) electrons. The van der Waals surface area contributed by atoms with Gasteiger partial charge in [-0.3, -0.25) is 0 Å². The standard InChI is InChI=1S/C9H9F2N3O/c10-7-4-8(11)6-9(5-7)15-3-1-2-13-14-12/h4-6H,1-3H2. The van der Waals surface area contributed by atoms with Crippen LogP contribution in [0.1, 0.15) is 6.42 Å². The third kappa shape index (κ3) is 4.28. The van der Waals surface area contributed by atoms with Gasteiger partial charge in [-0.25, -0.2) is 8.78 Å². The van der Waals surface area contributed by atoms with Gasteiger partial charge in [-0.1, -0.05) is 5.11 Å². The van der Waals surface area contributed by atoms with E-state index in [2.05, 4.69) is 10.0 Å². The SMILES string of the molecule is [N-]=[N+]=NCCCOc1cc(F)cc(F)c1. The molecule has 0 amide bonds. The van der Waals surface area contributed by atoms with E-state index in [1.165, 1.54) is 0 Å². The van der Waals surface area contributed by atoms with E-state index in [4.69, 9.17) is 10.3 Å². The summed E-state index contributed by atoms with van der Waals surface area (Å²) in [7, 11) is 0. The van der Waals surface area contributed by atoms with Gasteiger partial charge in [-0.05, 0) is 12.0 Å². The van der Waals surface area contributed by atoms with Crippen molar-refractivity contribution in [1.29, 1.82) is 0 Å². The second-order valence-electron chi connectivity index (χ2n) is 2.76. The van der Waals surface area contributed by atoms with Crippen molar-refractivity contribution in [2.45, 2.75) is 6.42 Å². The zero-order valence-electron chi connectivity index (χ0n) is 7.86. The van der Waals surface area contributed by atoms with Crippen molar-refractivity contribution in [2.24, 2.45) is 5.11 Å². The molecule has 6 heteroatoms. The first-order chi connectivity index (χ1) is 7.22. The Labute approximate surface area is 85.1 Å². The molecule has 0 atom stereocenters. The van der Waals surface area contributed by atoms with Crippen LogP contribution in [0.4, 0.5) is 8.78 Å². The van der Waals surface area contributed by atoms with Gasteiger partial charge in [0.2, 0.25) is 0 Å². The number of ether oxygens (including phenoxy) is 1. The summed E-state index contributed by atoms with van der Waals surface area (Å²) in [4.78, 5) is 2.56. The molecule has 0 saturated heterocycles. The van der Waals surface area contributed by atoms with Gasteiger partial charge in [0.25, 0.3) is 0 Å². The van der Waals surface area contributed by atoms with E-state index < -0.39 is 11.6 Å². The van der Waals surface area contributed by atoms with E-state index >= 15 is 0 Å². The number of halogens is 2. The molecular weight excluding hydrogens is 204 g/mol. The minimum absolute atomic E-state index is 0.133. The highest BCUT2D eigenvalue weighted by atomic mass is 19.1. The third-order valence-corrected chi connectivity index (χ3v) is 1.57. The van der Waals surface area contributed by atoms with Crippen molar-refractivity contribution in [1.82, 2.24) is 0 Å². The Hall–Kier alpha value is -1.81. The van der Waals surface area contributed by atoms with Gasteiger partial charge in [0.15, 0.2) is 0 Å². The molecule has 1 rings (SSSR count). The minimum atomic E-state index is -0.681. The van der Waals surface area contributed by atoms with E-state index in [0.29, 0.717) is 13.0 Å². The Balaban J connectivity index is 2.40. The fourth-order valence-electron chi connectivity index (χ4n) is 0.982. The summed E-state index contributed by atoms with van der Waals surface area (Å²) < 4.78 is 30.4. The Morgan fingerprint density at radius 3 is 2.53 bits per heavy atom. The van der Waals surface area contributed by atoms with Crippen LogP contribution in [0.3, 0.4) is 0 Å². The van der Waals surface area contributed by atoms with Gasteiger partial charge in [0.05, 0.1) is 6.61 Å². The highest BCUT2D eigenvalue weighted by Gasteiger charge is 2.00. The quantitative estimate of drug-likeness (QED) is 0.321. The molecule has 0 saturated carbocycles. The van der Waals surface area contributed by atoms with Crippen LogP contribution in [0.2, 0.25) is 0 Å². The summed E-state index contributed by atoms with van der Waals surface area (Å²) in [6.45, 7) is 0.552. The van der Waals surface area contributed by atoms with Gasteiger partial charge < -0.3 is 4.74 Å². The smallest absolute Gasteiger partial charge is 0.129 e. The normalized spacial score (nSPS) is 9.47. The van der Waals surface area contributed by atoms with Crippen LogP contribution in [0.25, 0.3) is 10.4 Å². The lowest BCUT2D eigenvalue weighted by molar-refractivity contribution is 0.310. The lowest BCUT2D eigenvalue weighted by Crippen LogP contribution is -1.99. The Bertz CT molecular complexity index is 357. The van der Waals surface area contributed by atoms with Crippen LogP contribution in [0.15, 0.2) is 23.3 Å². The molecule has 0 aliphatic rings. The van der Waals surface area contributed by atoms with E-state index in [-0.39, 0.29) is 12.4 Å². The number of hydrogen-bond acceptors (Lipinski definition) is 2. The van der Waals surface area contributed by atoms with E-state index in [9.17, 15) is 8.78 Å². The maximum atomic E-state index is 12.7. The molecule has 0 N–H and O–H groups in total. The lowest BCUT2D eigenvalue weighted by Gasteiger charge is -2.04. The number of nitrogens with zero attached hydrogens (tertiary/aromatic N) is 3. The average Bonchev–Trinajstić information content (AvgIpc) is 2.16. The highest BCUT2D eigenvalue weighted by molar-refractivity contribution is 5.23. The third-order valence-electron chi connectivity index (χ3n) is 1.57. The van der Waals surface area contributed by atoms with Crippen molar-refractivity contribution >= 4 is 0 Å². The average molecular weight is 213 g/mol. The van der Waals surface area contributed by atoms with E-state index in [1.54, 1.807) is 0 Å². The zero-order chi connectivity index (χ0) is 11.1.